The second kappa shape index (κ2) is 15.1. The Labute approximate surface area is 251 Å². The number of aromatic nitrogens is 1. The van der Waals surface area contributed by atoms with Gasteiger partial charge < -0.3 is 19.7 Å². The first-order valence-electron chi connectivity index (χ1n) is 15.2. The molecule has 0 fully saturated rings. The summed E-state index contributed by atoms with van der Waals surface area (Å²) >= 11 is 0. The average Bonchev–Trinajstić information content (AvgIpc) is 3.38. The Kier molecular flexibility index (Phi) is 11.4. The Morgan fingerprint density at radius 3 is 2.36 bits per heavy atom. The van der Waals surface area contributed by atoms with E-state index in [9.17, 15) is 9.90 Å². The summed E-state index contributed by atoms with van der Waals surface area (Å²) < 4.78 is 5.77. The zero-order valence-corrected chi connectivity index (χ0v) is 25.7. The van der Waals surface area contributed by atoms with Gasteiger partial charge in [-0.25, -0.2) is 0 Å². The Balaban J connectivity index is 1.41. The molecule has 42 heavy (non-hydrogen) atoms. The number of amides is 1. The summed E-state index contributed by atoms with van der Waals surface area (Å²) in [6.07, 6.45) is 3.05. The van der Waals surface area contributed by atoms with Crippen LogP contribution in [0.25, 0.3) is 10.9 Å². The molecule has 0 bridgehead atoms. The van der Waals surface area contributed by atoms with Gasteiger partial charge in [-0.15, -0.1) is 0 Å². The summed E-state index contributed by atoms with van der Waals surface area (Å²) in [7, 11) is 0. The number of carbonyl (C=O) groups is 1. The van der Waals surface area contributed by atoms with Crippen molar-refractivity contribution in [3.05, 3.63) is 107 Å². The first-order chi connectivity index (χ1) is 20.2. The number of carbonyl (C=O) groups excluding carboxylic acids is 1. The lowest BCUT2D eigenvalue weighted by Crippen LogP contribution is -2.44. The van der Waals surface area contributed by atoms with Crippen LogP contribution in [0.2, 0.25) is 0 Å². The number of H-pyrrole nitrogens is 1. The van der Waals surface area contributed by atoms with Crippen molar-refractivity contribution in [2.45, 2.75) is 65.2 Å². The van der Waals surface area contributed by atoms with Crippen molar-refractivity contribution < 1.29 is 14.6 Å². The van der Waals surface area contributed by atoms with E-state index in [0.29, 0.717) is 26.2 Å². The molecule has 2 N–H and O–H groups in total. The highest BCUT2D eigenvalue weighted by Gasteiger charge is 2.21. The minimum absolute atomic E-state index is 0.0700. The van der Waals surface area contributed by atoms with Gasteiger partial charge in [0.25, 0.3) is 0 Å². The molecule has 4 rings (SSSR count). The molecule has 0 saturated heterocycles. The lowest BCUT2D eigenvalue weighted by molar-refractivity contribution is -0.133. The highest BCUT2D eigenvalue weighted by atomic mass is 16.5. The molecule has 3 aromatic carbocycles. The third kappa shape index (κ3) is 9.28. The van der Waals surface area contributed by atoms with Crippen LogP contribution >= 0.6 is 0 Å². The van der Waals surface area contributed by atoms with Crippen molar-refractivity contribution in [3.8, 4) is 0 Å². The summed E-state index contributed by atoms with van der Waals surface area (Å²) in [5.74, 6) is 0.0700. The van der Waals surface area contributed by atoms with Crippen LogP contribution in [0.1, 0.15) is 56.4 Å². The van der Waals surface area contributed by atoms with Gasteiger partial charge in [0, 0.05) is 36.7 Å². The van der Waals surface area contributed by atoms with Crippen molar-refractivity contribution in [3.63, 3.8) is 0 Å². The molecule has 0 aliphatic heterocycles. The number of ether oxygens (including phenoxy) is 1. The molecular weight excluding hydrogens is 522 g/mol. The van der Waals surface area contributed by atoms with E-state index in [1.807, 2.05) is 41.3 Å². The molecule has 1 aromatic heterocycles. The molecule has 0 spiro atoms. The molecule has 1 heterocycles. The second-order valence-corrected chi connectivity index (χ2v) is 12.3. The monoisotopic (exact) mass is 569 g/mol. The summed E-state index contributed by atoms with van der Waals surface area (Å²) in [5.41, 5.74) is 5.87. The molecular formula is C36H47N3O3. The molecule has 1 amide bonds. The summed E-state index contributed by atoms with van der Waals surface area (Å²) in [4.78, 5) is 21.2. The summed E-state index contributed by atoms with van der Waals surface area (Å²) in [6.45, 7) is 12.0. The smallest absolute Gasteiger partial charge is 0.237 e. The van der Waals surface area contributed by atoms with E-state index in [4.69, 9.17) is 4.74 Å². The maximum Gasteiger partial charge on any atom is 0.237 e. The molecule has 6 nitrogen and oxygen atoms in total. The maximum atomic E-state index is 13.8. The molecule has 0 radical (unpaired) electrons. The van der Waals surface area contributed by atoms with E-state index < -0.39 is 6.10 Å². The quantitative estimate of drug-likeness (QED) is 0.176. The molecule has 0 saturated carbocycles. The summed E-state index contributed by atoms with van der Waals surface area (Å²) in [6, 6.07) is 26.9. The van der Waals surface area contributed by atoms with Crippen molar-refractivity contribution in [2.75, 3.05) is 32.8 Å². The molecule has 0 aliphatic carbocycles. The Hall–Kier alpha value is -3.45. The SMILES string of the molecule is CCCN(CC(=O)N(CCc1c[nH]c2ccccc12)Cc1ccc(C(C)(C)C)cc1)CC(O)COCc1ccccc1. The average molecular weight is 570 g/mol. The number of aromatic amines is 1. The van der Waals surface area contributed by atoms with Crippen LogP contribution < -0.4 is 0 Å². The number of benzene rings is 3. The number of nitrogens with one attached hydrogen (secondary N) is 1. The van der Waals surface area contributed by atoms with Gasteiger partial charge in [-0.3, -0.25) is 9.69 Å². The van der Waals surface area contributed by atoms with Gasteiger partial charge in [-0.1, -0.05) is 100 Å². The van der Waals surface area contributed by atoms with Crippen LogP contribution in [0.15, 0.2) is 85.1 Å². The standard InChI is InChI=1S/C36H47N3O3/c1-5-20-38(24-32(40)27-42-26-29-11-7-6-8-12-29)25-35(41)39(23-28-15-17-31(18-16-28)36(2,3)4)21-19-30-22-37-34-14-10-9-13-33(30)34/h6-18,22,32,37,40H,5,19-21,23-27H2,1-4H3. The molecule has 224 valence electrons. The topological polar surface area (TPSA) is 68.8 Å². The fraction of sp³-hybridized carbons (Fsp3) is 0.417. The second-order valence-electron chi connectivity index (χ2n) is 12.3. The highest BCUT2D eigenvalue weighted by molar-refractivity contribution is 5.83. The van der Waals surface area contributed by atoms with Crippen LogP contribution in [-0.2, 0) is 34.5 Å². The Morgan fingerprint density at radius 2 is 1.64 bits per heavy atom. The first-order valence-corrected chi connectivity index (χ1v) is 15.2. The molecule has 6 heteroatoms. The largest absolute Gasteiger partial charge is 0.389 e. The van der Waals surface area contributed by atoms with E-state index in [1.54, 1.807) is 0 Å². The van der Waals surface area contributed by atoms with Gasteiger partial charge in [0.15, 0.2) is 0 Å². The van der Waals surface area contributed by atoms with Crippen LogP contribution in [0.3, 0.4) is 0 Å². The normalized spacial score (nSPS) is 12.6. The third-order valence-corrected chi connectivity index (χ3v) is 7.66. The number of hydrogen-bond acceptors (Lipinski definition) is 4. The van der Waals surface area contributed by atoms with Crippen LogP contribution in [-0.4, -0.2) is 64.7 Å². The number of nitrogens with zero attached hydrogens (tertiary/aromatic N) is 2. The maximum absolute atomic E-state index is 13.8. The minimum atomic E-state index is -0.669. The number of rotatable bonds is 15. The van der Waals surface area contributed by atoms with Gasteiger partial charge in [0.05, 0.1) is 25.9 Å². The predicted octanol–water partition coefficient (Wildman–Crippen LogP) is 6.33. The van der Waals surface area contributed by atoms with Crippen LogP contribution in [0.4, 0.5) is 0 Å². The first kappa shape index (κ1) is 31.5. The molecule has 1 atom stereocenters. The lowest BCUT2D eigenvalue weighted by Gasteiger charge is -2.29. The van der Waals surface area contributed by atoms with Crippen LogP contribution in [0, 0.1) is 0 Å². The van der Waals surface area contributed by atoms with Gasteiger partial charge in [0.1, 0.15) is 0 Å². The number of para-hydroxylation sites is 1. The van der Waals surface area contributed by atoms with Gasteiger partial charge in [-0.2, -0.15) is 0 Å². The van der Waals surface area contributed by atoms with Crippen molar-refractivity contribution in [1.82, 2.24) is 14.8 Å². The zero-order chi connectivity index (χ0) is 30.0. The van der Waals surface area contributed by atoms with E-state index in [0.717, 1.165) is 36.0 Å². The molecule has 4 aromatic rings. The fourth-order valence-electron chi connectivity index (χ4n) is 5.30. The number of aliphatic hydroxyl groups excluding tert-OH is 1. The molecule has 1 unspecified atom stereocenters. The summed E-state index contributed by atoms with van der Waals surface area (Å²) in [5, 5.41) is 11.9. The fourth-order valence-corrected chi connectivity index (χ4v) is 5.30. The van der Waals surface area contributed by atoms with Gasteiger partial charge in [-0.05, 0) is 53.1 Å². The van der Waals surface area contributed by atoms with Crippen LogP contribution in [0.5, 0.6) is 0 Å². The van der Waals surface area contributed by atoms with Crippen molar-refractivity contribution in [1.29, 1.82) is 0 Å². The van der Waals surface area contributed by atoms with E-state index in [2.05, 4.69) is 86.2 Å². The Morgan fingerprint density at radius 1 is 0.929 bits per heavy atom. The van der Waals surface area contributed by atoms with Crippen molar-refractivity contribution >= 4 is 16.8 Å². The zero-order valence-electron chi connectivity index (χ0n) is 25.7. The van der Waals surface area contributed by atoms with E-state index in [1.165, 1.54) is 16.5 Å². The lowest BCUT2D eigenvalue weighted by atomic mass is 9.87. The van der Waals surface area contributed by atoms with Gasteiger partial charge >= 0.3 is 0 Å². The van der Waals surface area contributed by atoms with Crippen molar-refractivity contribution in [2.24, 2.45) is 0 Å². The predicted molar refractivity (Wildman–Crippen MR) is 171 cm³/mol. The van der Waals surface area contributed by atoms with E-state index in [-0.39, 0.29) is 24.5 Å². The third-order valence-electron chi connectivity index (χ3n) is 7.66. The minimum Gasteiger partial charge on any atom is -0.389 e. The van der Waals surface area contributed by atoms with Gasteiger partial charge in [0.2, 0.25) is 5.91 Å². The van der Waals surface area contributed by atoms with E-state index >= 15 is 0 Å². The number of fused-ring (bicyclic) bond motifs is 1. The highest BCUT2D eigenvalue weighted by Crippen LogP contribution is 2.23. The Bertz CT molecular complexity index is 1380. The number of aliphatic hydroxyl groups is 1. The molecule has 0 aliphatic rings. The number of hydrogen-bond donors (Lipinski definition) is 2.